The fraction of sp³-hybridized carbons (Fsp3) is 0.583. The zero-order valence-electron chi connectivity index (χ0n) is 11.4. The molecule has 4 N–H and O–H groups in total. The van der Waals surface area contributed by atoms with Gasteiger partial charge in [-0.25, -0.2) is 0 Å². The number of hydrogen-bond donors (Lipinski definition) is 4. The molecule has 0 aliphatic carbocycles. The van der Waals surface area contributed by atoms with E-state index in [4.69, 9.17) is 15.5 Å². The van der Waals surface area contributed by atoms with Gasteiger partial charge in [-0.05, 0) is 0 Å². The molecule has 0 aromatic carbocycles. The smallest absolute Gasteiger partial charge is 0.266 e. The van der Waals surface area contributed by atoms with Gasteiger partial charge in [0.15, 0.2) is 0 Å². The summed E-state index contributed by atoms with van der Waals surface area (Å²) < 4.78 is 0. The SMILES string of the molecule is CC(=O)NCCN/C=C(/C#N)C(=O)N(CCO)CCO. The molecule has 8 heteroatoms. The summed E-state index contributed by atoms with van der Waals surface area (Å²) in [6.45, 7) is 1.73. The van der Waals surface area contributed by atoms with Gasteiger partial charge in [0.05, 0.1) is 13.2 Å². The zero-order chi connectivity index (χ0) is 15.4. The molecule has 0 radical (unpaired) electrons. The van der Waals surface area contributed by atoms with E-state index in [0.29, 0.717) is 13.1 Å². The van der Waals surface area contributed by atoms with Crippen LogP contribution in [-0.2, 0) is 9.59 Å². The van der Waals surface area contributed by atoms with Gasteiger partial charge in [0.25, 0.3) is 5.91 Å². The monoisotopic (exact) mass is 284 g/mol. The van der Waals surface area contributed by atoms with Gasteiger partial charge >= 0.3 is 0 Å². The molecule has 2 amide bonds. The molecule has 112 valence electrons. The number of aliphatic hydroxyl groups is 2. The van der Waals surface area contributed by atoms with Crippen molar-refractivity contribution < 1.29 is 19.8 Å². The average molecular weight is 284 g/mol. The first-order valence-electron chi connectivity index (χ1n) is 6.15. The maximum absolute atomic E-state index is 11.9. The third kappa shape index (κ3) is 7.35. The highest BCUT2D eigenvalue weighted by Gasteiger charge is 2.17. The van der Waals surface area contributed by atoms with Gasteiger partial charge < -0.3 is 25.7 Å². The van der Waals surface area contributed by atoms with Crippen molar-refractivity contribution in [1.82, 2.24) is 15.5 Å². The highest BCUT2D eigenvalue weighted by molar-refractivity contribution is 5.97. The topological polar surface area (TPSA) is 126 Å². The first-order valence-corrected chi connectivity index (χ1v) is 6.15. The summed E-state index contributed by atoms with van der Waals surface area (Å²) in [6.07, 6.45) is 1.26. The molecule has 0 rings (SSSR count). The quantitative estimate of drug-likeness (QED) is 0.219. The van der Waals surface area contributed by atoms with Crippen LogP contribution in [0.25, 0.3) is 0 Å². The first kappa shape index (κ1) is 17.9. The molecule has 0 saturated carbocycles. The second kappa shape index (κ2) is 10.8. The van der Waals surface area contributed by atoms with E-state index >= 15 is 0 Å². The largest absolute Gasteiger partial charge is 0.395 e. The number of amides is 2. The standard InChI is InChI=1S/C12H20N4O4/c1-10(19)15-3-2-14-9-11(8-13)12(20)16(4-6-17)5-7-18/h9,14,17-18H,2-7H2,1H3,(H,15,19)/b11-9-. The number of nitriles is 1. The van der Waals surface area contributed by atoms with Crippen LogP contribution in [0, 0.1) is 11.3 Å². The van der Waals surface area contributed by atoms with Gasteiger partial charge in [0, 0.05) is 39.3 Å². The predicted molar refractivity (Wildman–Crippen MR) is 71.1 cm³/mol. The van der Waals surface area contributed by atoms with Crippen LogP contribution >= 0.6 is 0 Å². The highest BCUT2D eigenvalue weighted by atomic mass is 16.3. The Labute approximate surface area is 117 Å². The summed E-state index contributed by atoms with van der Waals surface area (Å²) in [6, 6.07) is 1.76. The van der Waals surface area contributed by atoms with Crippen LogP contribution < -0.4 is 10.6 Å². The molecule has 0 atom stereocenters. The lowest BCUT2D eigenvalue weighted by Gasteiger charge is -2.20. The lowest BCUT2D eigenvalue weighted by molar-refractivity contribution is -0.127. The molecule has 20 heavy (non-hydrogen) atoms. The van der Waals surface area contributed by atoms with Gasteiger partial charge in [-0.2, -0.15) is 5.26 Å². The Morgan fingerprint density at radius 2 is 1.85 bits per heavy atom. The predicted octanol–water partition coefficient (Wildman–Crippen LogP) is -2.07. The molecule has 0 spiro atoms. The van der Waals surface area contributed by atoms with Crippen molar-refractivity contribution in [2.75, 3.05) is 39.4 Å². The third-order valence-corrected chi connectivity index (χ3v) is 2.27. The molecule has 0 bridgehead atoms. The number of rotatable bonds is 9. The van der Waals surface area contributed by atoms with E-state index < -0.39 is 5.91 Å². The van der Waals surface area contributed by atoms with E-state index in [2.05, 4.69) is 10.6 Å². The molecule has 0 heterocycles. The average Bonchev–Trinajstić information content (AvgIpc) is 2.41. The molecule has 0 unspecified atom stereocenters. The Morgan fingerprint density at radius 1 is 1.25 bits per heavy atom. The van der Waals surface area contributed by atoms with E-state index in [9.17, 15) is 9.59 Å². The van der Waals surface area contributed by atoms with E-state index in [1.54, 1.807) is 6.07 Å². The summed E-state index contributed by atoms with van der Waals surface area (Å²) in [5.74, 6) is -0.730. The van der Waals surface area contributed by atoms with Crippen molar-refractivity contribution in [1.29, 1.82) is 5.26 Å². The van der Waals surface area contributed by atoms with Crippen molar-refractivity contribution in [3.8, 4) is 6.07 Å². The van der Waals surface area contributed by atoms with Crippen LogP contribution in [-0.4, -0.2) is 66.3 Å². The fourth-order valence-corrected chi connectivity index (χ4v) is 1.35. The minimum atomic E-state index is -0.567. The van der Waals surface area contributed by atoms with E-state index in [1.165, 1.54) is 18.0 Å². The van der Waals surface area contributed by atoms with Crippen LogP contribution in [0.15, 0.2) is 11.8 Å². The lowest BCUT2D eigenvalue weighted by Crippen LogP contribution is -2.37. The van der Waals surface area contributed by atoms with Gasteiger partial charge in [0.1, 0.15) is 11.6 Å². The Kier molecular flexibility index (Phi) is 9.64. The van der Waals surface area contributed by atoms with Crippen LogP contribution in [0.2, 0.25) is 0 Å². The van der Waals surface area contributed by atoms with E-state index in [0.717, 1.165) is 0 Å². The maximum Gasteiger partial charge on any atom is 0.266 e. The molecule has 8 nitrogen and oxygen atoms in total. The van der Waals surface area contributed by atoms with Crippen molar-refractivity contribution in [3.63, 3.8) is 0 Å². The van der Waals surface area contributed by atoms with Crippen molar-refractivity contribution in [3.05, 3.63) is 11.8 Å². The van der Waals surface area contributed by atoms with Gasteiger partial charge in [-0.3, -0.25) is 9.59 Å². The van der Waals surface area contributed by atoms with Crippen LogP contribution in [0.1, 0.15) is 6.92 Å². The summed E-state index contributed by atoms with van der Waals surface area (Å²) in [5, 5.41) is 31.9. The van der Waals surface area contributed by atoms with Gasteiger partial charge in [-0.1, -0.05) is 0 Å². The molecule has 0 aromatic rings. The number of nitrogens with zero attached hydrogens (tertiary/aromatic N) is 2. The molecule has 0 fully saturated rings. The Balaban J connectivity index is 4.44. The van der Waals surface area contributed by atoms with Crippen molar-refractivity contribution in [2.24, 2.45) is 0 Å². The Morgan fingerprint density at radius 3 is 2.30 bits per heavy atom. The molecule has 0 aliphatic rings. The molecular formula is C12H20N4O4. The summed E-state index contributed by atoms with van der Waals surface area (Å²) in [4.78, 5) is 23.7. The number of carbonyl (C=O) groups is 2. The molecule has 0 saturated heterocycles. The highest BCUT2D eigenvalue weighted by Crippen LogP contribution is 2.00. The van der Waals surface area contributed by atoms with Crippen LogP contribution in [0.4, 0.5) is 0 Å². The number of hydrogen-bond acceptors (Lipinski definition) is 6. The first-order chi connectivity index (χ1) is 9.56. The minimum absolute atomic E-state index is 0.0459. The second-order valence-electron chi connectivity index (χ2n) is 3.85. The minimum Gasteiger partial charge on any atom is -0.395 e. The zero-order valence-corrected chi connectivity index (χ0v) is 11.4. The van der Waals surface area contributed by atoms with Gasteiger partial charge in [-0.15, -0.1) is 0 Å². The number of nitrogens with one attached hydrogen (secondary N) is 2. The van der Waals surface area contributed by atoms with E-state index in [-0.39, 0.29) is 37.8 Å². The Bertz CT molecular complexity index is 383. The Hall–Kier alpha value is -2.11. The summed E-state index contributed by atoms with van der Waals surface area (Å²) in [7, 11) is 0. The van der Waals surface area contributed by atoms with E-state index in [1.807, 2.05) is 0 Å². The summed E-state index contributed by atoms with van der Waals surface area (Å²) in [5.41, 5.74) is -0.130. The number of aliphatic hydroxyl groups excluding tert-OH is 2. The van der Waals surface area contributed by atoms with Crippen LogP contribution in [0.5, 0.6) is 0 Å². The molecular weight excluding hydrogens is 264 g/mol. The van der Waals surface area contributed by atoms with Crippen LogP contribution in [0.3, 0.4) is 0 Å². The number of carbonyl (C=O) groups excluding carboxylic acids is 2. The second-order valence-corrected chi connectivity index (χ2v) is 3.85. The normalized spacial score (nSPS) is 10.6. The molecule has 0 aliphatic heterocycles. The third-order valence-electron chi connectivity index (χ3n) is 2.27. The van der Waals surface area contributed by atoms with Gasteiger partial charge in [0.2, 0.25) is 5.91 Å². The molecule has 0 aromatic heterocycles. The summed E-state index contributed by atoms with van der Waals surface area (Å²) >= 11 is 0. The lowest BCUT2D eigenvalue weighted by atomic mass is 10.2. The van der Waals surface area contributed by atoms with Crippen molar-refractivity contribution in [2.45, 2.75) is 6.92 Å². The fourth-order valence-electron chi connectivity index (χ4n) is 1.35. The maximum atomic E-state index is 11.9. The van der Waals surface area contributed by atoms with Crippen molar-refractivity contribution >= 4 is 11.8 Å².